The first-order chi connectivity index (χ1) is 7.02. The van der Waals surface area contributed by atoms with Crippen molar-refractivity contribution in [3.8, 4) is 5.75 Å². The van der Waals surface area contributed by atoms with E-state index in [-0.39, 0.29) is 29.7 Å². The van der Waals surface area contributed by atoms with Gasteiger partial charge in [-0.25, -0.2) is 4.79 Å². The summed E-state index contributed by atoms with van der Waals surface area (Å²) in [4.78, 5) is 20.9. The third kappa shape index (κ3) is 2.70. The minimum atomic E-state index is -1.26. The van der Waals surface area contributed by atoms with Gasteiger partial charge in [-0.2, -0.15) is 0 Å². The molecule has 15 heavy (non-hydrogen) atoms. The van der Waals surface area contributed by atoms with Crippen LogP contribution in [0.1, 0.15) is 22.3 Å². The second-order valence-electron chi connectivity index (χ2n) is 2.94. The smallest absolute Gasteiger partial charge is 0.339 e. The third-order valence-corrected chi connectivity index (χ3v) is 1.88. The molecule has 0 saturated heterocycles. The molecule has 3 N–H and O–H groups in total. The largest absolute Gasteiger partial charge is 0.507 e. The van der Waals surface area contributed by atoms with E-state index < -0.39 is 11.9 Å². The topological polar surface area (TPSA) is 94.8 Å². The van der Waals surface area contributed by atoms with Gasteiger partial charge in [-0.15, -0.1) is 0 Å². The summed E-state index contributed by atoms with van der Waals surface area (Å²) in [5, 5.41) is 26.6. The van der Waals surface area contributed by atoms with Crippen molar-refractivity contribution in [1.29, 1.82) is 0 Å². The molecule has 0 aliphatic heterocycles. The Morgan fingerprint density at radius 1 is 1.27 bits per heavy atom. The van der Waals surface area contributed by atoms with Crippen LogP contribution < -0.4 is 0 Å². The highest BCUT2D eigenvalue weighted by Gasteiger charge is 2.13. The molecular weight excluding hydrogens is 200 g/mol. The number of benzene rings is 1. The summed E-state index contributed by atoms with van der Waals surface area (Å²) in [5.41, 5.74) is 0.00943. The first-order valence-electron chi connectivity index (χ1n) is 4.19. The second kappa shape index (κ2) is 4.45. The number of hydrogen-bond acceptors (Lipinski definition) is 3. The minimum absolute atomic E-state index is 0.0821. The Kier molecular flexibility index (Phi) is 3.28. The molecule has 0 heterocycles. The fourth-order valence-corrected chi connectivity index (χ4v) is 1.13. The van der Waals surface area contributed by atoms with Crippen LogP contribution in [0.4, 0.5) is 0 Å². The predicted molar refractivity (Wildman–Crippen MR) is 49.9 cm³/mol. The molecule has 1 rings (SSSR count). The summed E-state index contributed by atoms with van der Waals surface area (Å²) in [6, 6.07) is 5.06. The summed E-state index contributed by atoms with van der Waals surface area (Å²) in [7, 11) is 0. The number of aliphatic carboxylic acids is 1. The number of carboxylic acid groups (broad SMARTS) is 2. The predicted octanol–water partition coefficient (Wildman–Crippen LogP) is 0.908. The monoisotopic (exact) mass is 209 g/mol. The van der Waals surface area contributed by atoms with Crippen molar-refractivity contribution in [2.24, 2.45) is 0 Å². The third-order valence-electron chi connectivity index (χ3n) is 1.88. The number of aryl methyl sites for hydroxylation is 1. The maximum Gasteiger partial charge on any atom is 0.339 e. The number of phenols is 1. The first kappa shape index (κ1) is 11.0. The quantitative estimate of drug-likeness (QED) is 0.685. The molecule has 0 atom stereocenters. The number of hydrogen-bond donors (Lipinski definition) is 3. The molecular formula is C10H9O5. The zero-order valence-electron chi connectivity index (χ0n) is 7.73. The van der Waals surface area contributed by atoms with Gasteiger partial charge in [0.05, 0.1) is 0 Å². The molecule has 0 aliphatic carbocycles. The summed E-state index contributed by atoms with van der Waals surface area (Å²) < 4.78 is 0. The van der Waals surface area contributed by atoms with Crippen LogP contribution in [-0.4, -0.2) is 27.3 Å². The van der Waals surface area contributed by atoms with E-state index in [1.54, 1.807) is 0 Å². The highest BCUT2D eigenvalue weighted by Crippen LogP contribution is 2.23. The number of carbonyl (C=O) groups is 2. The SMILES string of the molecule is O=C(O)CCc1c[c]cc(C(=O)O)c1O. The van der Waals surface area contributed by atoms with Gasteiger partial charge >= 0.3 is 11.9 Å². The van der Waals surface area contributed by atoms with Crippen LogP contribution in [0.5, 0.6) is 5.75 Å². The minimum Gasteiger partial charge on any atom is -0.507 e. The van der Waals surface area contributed by atoms with Crippen molar-refractivity contribution < 1.29 is 24.9 Å². The molecule has 1 aromatic rings. The maximum absolute atomic E-state index is 10.6. The summed E-state index contributed by atoms with van der Waals surface area (Å²) in [6.45, 7) is 0. The Bertz CT molecular complexity index is 397. The molecule has 0 aliphatic rings. The first-order valence-corrected chi connectivity index (χ1v) is 4.19. The fourth-order valence-electron chi connectivity index (χ4n) is 1.13. The normalized spacial score (nSPS) is 9.87. The van der Waals surface area contributed by atoms with E-state index in [9.17, 15) is 14.7 Å². The molecule has 0 aromatic heterocycles. The highest BCUT2D eigenvalue weighted by atomic mass is 16.4. The van der Waals surface area contributed by atoms with Crippen LogP contribution in [0.15, 0.2) is 12.1 Å². The Hall–Kier alpha value is -2.04. The molecule has 0 spiro atoms. The van der Waals surface area contributed by atoms with Crippen molar-refractivity contribution in [2.75, 3.05) is 0 Å². The average Bonchev–Trinajstić information content (AvgIpc) is 2.15. The van der Waals surface area contributed by atoms with Crippen LogP contribution in [0.2, 0.25) is 0 Å². The maximum atomic E-state index is 10.6. The van der Waals surface area contributed by atoms with Crippen molar-refractivity contribution >= 4 is 11.9 Å². The standard InChI is InChI=1S/C10H9O5/c11-8(12)5-4-6-2-1-3-7(9(6)13)10(14)15/h2-3,13H,4-5H2,(H,11,12)(H,14,15). The zero-order valence-corrected chi connectivity index (χ0v) is 7.73. The molecule has 0 bridgehead atoms. The van der Waals surface area contributed by atoms with Crippen molar-refractivity contribution in [3.05, 3.63) is 29.3 Å². The molecule has 5 heteroatoms. The lowest BCUT2D eigenvalue weighted by Gasteiger charge is -2.04. The van der Waals surface area contributed by atoms with Crippen molar-refractivity contribution in [1.82, 2.24) is 0 Å². The molecule has 1 radical (unpaired) electrons. The van der Waals surface area contributed by atoms with E-state index in [0.29, 0.717) is 0 Å². The van der Waals surface area contributed by atoms with E-state index in [2.05, 4.69) is 6.07 Å². The molecule has 0 saturated carbocycles. The van der Waals surface area contributed by atoms with Crippen LogP contribution in [-0.2, 0) is 11.2 Å². The van der Waals surface area contributed by atoms with Crippen molar-refractivity contribution in [2.45, 2.75) is 12.8 Å². The van der Waals surface area contributed by atoms with Crippen LogP contribution in [0.25, 0.3) is 0 Å². The number of aromatic carboxylic acids is 1. The lowest BCUT2D eigenvalue weighted by atomic mass is 10.0. The van der Waals surface area contributed by atoms with E-state index in [1.807, 2.05) is 0 Å². The van der Waals surface area contributed by atoms with E-state index in [1.165, 1.54) is 6.07 Å². The van der Waals surface area contributed by atoms with Crippen LogP contribution in [0.3, 0.4) is 0 Å². The Labute approximate surface area is 85.6 Å². The molecule has 5 nitrogen and oxygen atoms in total. The summed E-state index contributed by atoms with van der Waals surface area (Å²) in [6.07, 6.45) is -0.0801. The zero-order chi connectivity index (χ0) is 11.4. The number of rotatable bonds is 4. The lowest BCUT2D eigenvalue weighted by molar-refractivity contribution is -0.136. The van der Waals surface area contributed by atoms with Gasteiger partial charge in [0.2, 0.25) is 0 Å². The summed E-state index contributed by atoms with van der Waals surface area (Å²) >= 11 is 0. The Morgan fingerprint density at radius 3 is 2.47 bits per heavy atom. The van der Waals surface area contributed by atoms with Crippen LogP contribution >= 0.6 is 0 Å². The summed E-state index contributed by atoms with van der Waals surface area (Å²) in [5.74, 6) is -2.65. The van der Waals surface area contributed by atoms with Gasteiger partial charge in [-0.05, 0) is 30.2 Å². The van der Waals surface area contributed by atoms with Gasteiger partial charge in [0, 0.05) is 6.42 Å². The van der Waals surface area contributed by atoms with Crippen molar-refractivity contribution in [3.63, 3.8) is 0 Å². The molecule has 0 amide bonds. The van der Waals surface area contributed by atoms with E-state index in [0.717, 1.165) is 6.07 Å². The van der Waals surface area contributed by atoms with Gasteiger partial charge < -0.3 is 15.3 Å². The Balaban J connectivity index is 2.94. The average molecular weight is 209 g/mol. The van der Waals surface area contributed by atoms with Gasteiger partial charge in [0.15, 0.2) is 0 Å². The van der Waals surface area contributed by atoms with E-state index in [4.69, 9.17) is 10.2 Å². The molecule has 79 valence electrons. The molecule has 1 aromatic carbocycles. The Morgan fingerprint density at radius 2 is 1.93 bits per heavy atom. The highest BCUT2D eigenvalue weighted by molar-refractivity contribution is 5.91. The number of aromatic hydroxyl groups is 1. The second-order valence-corrected chi connectivity index (χ2v) is 2.94. The molecule has 0 unspecified atom stereocenters. The van der Waals surface area contributed by atoms with E-state index >= 15 is 0 Å². The fraction of sp³-hybridized carbons (Fsp3) is 0.200. The van der Waals surface area contributed by atoms with Crippen LogP contribution in [0, 0.1) is 6.07 Å². The van der Waals surface area contributed by atoms with Gasteiger partial charge in [0.1, 0.15) is 11.3 Å². The molecule has 0 fully saturated rings. The van der Waals surface area contributed by atoms with Gasteiger partial charge in [-0.1, -0.05) is 0 Å². The van der Waals surface area contributed by atoms with Gasteiger partial charge in [-0.3, -0.25) is 4.79 Å². The van der Waals surface area contributed by atoms with Gasteiger partial charge in [0.25, 0.3) is 0 Å². The number of carboxylic acids is 2. The lowest BCUT2D eigenvalue weighted by Crippen LogP contribution is -2.01.